The van der Waals surface area contributed by atoms with Gasteiger partial charge in [0, 0.05) is 38.4 Å². The molecule has 3 aliphatic heterocycles. The van der Waals surface area contributed by atoms with Gasteiger partial charge in [-0.2, -0.15) is 4.98 Å². The van der Waals surface area contributed by atoms with Gasteiger partial charge in [-0.1, -0.05) is 0 Å². The lowest BCUT2D eigenvalue weighted by Gasteiger charge is -2.38. The highest BCUT2D eigenvalue weighted by Gasteiger charge is 2.43. The molecule has 9 heteroatoms. The average molecular weight is 353 g/mol. The van der Waals surface area contributed by atoms with Crippen LogP contribution in [0.4, 0.5) is 11.8 Å². The van der Waals surface area contributed by atoms with E-state index < -0.39 is 9.84 Å². The Hall–Kier alpha value is -1.45. The molecule has 3 aliphatic rings. The SMILES string of the molecule is O=S1(=O)C[C@H]2NCCN(c3ccnc(N4CCC(O)CC4)n3)[C@H]2C1. The Bertz CT molecular complexity index is 705. The van der Waals surface area contributed by atoms with Gasteiger partial charge in [0.05, 0.1) is 23.7 Å². The van der Waals surface area contributed by atoms with Crippen LogP contribution in [-0.2, 0) is 9.84 Å². The molecule has 0 aromatic carbocycles. The summed E-state index contributed by atoms with van der Waals surface area (Å²) in [6.45, 7) is 2.98. The number of piperidine rings is 1. The van der Waals surface area contributed by atoms with Crippen molar-refractivity contribution in [2.24, 2.45) is 0 Å². The molecule has 24 heavy (non-hydrogen) atoms. The number of hydrogen-bond donors (Lipinski definition) is 2. The van der Waals surface area contributed by atoms with Crippen LogP contribution in [-0.4, -0.2) is 79.4 Å². The number of aromatic nitrogens is 2. The summed E-state index contributed by atoms with van der Waals surface area (Å²) in [5, 5.41) is 13.0. The van der Waals surface area contributed by atoms with Crippen molar-refractivity contribution in [1.82, 2.24) is 15.3 Å². The van der Waals surface area contributed by atoms with Crippen molar-refractivity contribution in [2.45, 2.75) is 31.0 Å². The Morgan fingerprint density at radius 1 is 1.21 bits per heavy atom. The zero-order chi connectivity index (χ0) is 16.7. The van der Waals surface area contributed by atoms with E-state index >= 15 is 0 Å². The Labute approximate surface area is 141 Å². The number of nitrogens with one attached hydrogen (secondary N) is 1. The van der Waals surface area contributed by atoms with Crippen LogP contribution in [0, 0.1) is 0 Å². The molecule has 0 radical (unpaired) electrons. The van der Waals surface area contributed by atoms with E-state index in [2.05, 4.69) is 25.1 Å². The summed E-state index contributed by atoms with van der Waals surface area (Å²) in [7, 11) is -2.99. The van der Waals surface area contributed by atoms with Gasteiger partial charge in [-0.3, -0.25) is 0 Å². The van der Waals surface area contributed by atoms with Gasteiger partial charge in [0.1, 0.15) is 5.82 Å². The zero-order valence-corrected chi connectivity index (χ0v) is 14.3. The van der Waals surface area contributed by atoms with Gasteiger partial charge in [-0.05, 0) is 18.9 Å². The van der Waals surface area contributed by atoms with E-state index in [1.54, 1.807) is 6.20 Å². The lowest BCUT2D eigenvalue weighted by Crippen LogP contribution is -2.57. The molecule has 2 N–H and O–H groups in total. The van der Waals surface area contributed by atoms with Gasteiger partial charge in [-0.15, -0.1) is 0 Å². The fourth-order valence-electron chi connectivity index (χ4n) is 3.87. The van der Waals surface area contributed by atoms with Crippen molar-refractivity contribution >= 4 is 21.6 Å². The van der Waals surface area contributed by atoms with Crippen molar-refractivity contribution in [2.75, 3.05) is 47.5 Å². The minimum Gasteiger partial charge on any atom is -0.393 e. The highest BCUT2D eigenvalue weighted by molar-refractivity contribution is 7.91. The molecule has 4 heterocycles. The molecule has 8 nitrogen and oxygen atoms in total. The number of anilines is 2. The quantitative estimate of drug-likeness (QED) is 0.700. The summed E-state index contributed by atoms with van der Waals surface area (Å²) in [6, 6.07) is 1.78. The third kappa shape index (κ3) is 3.07. The molecular formula is C15H23N5O3S. The molecule has 1 aromatic heterocycles. The van der Waals surface area contributed by atoms with Crippen molar-refractivity contribution < 1.29 is 13.5 Å². The van der Waals surface area contributed by atoms with Gasteiger partial charge in [-0.25, -0.2) is 13.4 Å². The second kappa shape index (κ2) is 6.12. The maximum Gasteiger partial charge on any atom is 0.227 e. The summed E-state index contributed by atoms with van der Waals surface area (Å²) in [4.78, 5) is 13.3. The molecule has 3 fully saturated rings. The normalized spacial score (nSPS) is 30.4. The summed E-state index contributed by atoms with van der Waals surface area (Å²) in [5.74, 6) is 1.84. The number of nitrogens with zero attached hydrogens (tertiary/aromatic N) is 4. The Balaban J connectivity index is 1.57. The predicted molar refractivity (Wildman–Crippen MR) is 91.1 cm³/mol. The van der Waals surface area contributed by atoms with Crippen LogP contribution in [0.5, 0.6) is 0 Å². The summed E-state index contributed by atoms with van der Waals surface area (Å²) < 4.78 is 24.0. The topological polar surface area (TPSA) is 98.7 Å². The zero-order valence-electron chi connectivity index (χ0n) is 13.5. The maximum absolute atomic E-state index is 12.0. The standard InChI is InChI=1S/C15H23N5O3S/c21-11-2-6-19(7-3-11)15-17-4-1-14(18-15)20-8-5-16-12-9-24(22,23)10-13(12)20/h1,4,11-13,16,21H,2-3,5-10H2/t12-,13+/m1/s1. The molecule has 0 spiro atoms. The van der Waals surface area contributed by atoms with E-state index in [0.717, 1.165) is 44.8 Å². The van der Waals surface area contributed by atoms with E-state index in [1.807, 2.05) is 6.07 Å². The fraction of sp³-hybridized carbons (Fsp3) is 0.733. The molecule has 4 rings (SSSR count). The van der Waals surface area contributed by atoms with Gasteiger partial charge in [0.25, 0.3) is 0 Å². The van der Waals surface area contributed by atoms with Crippen LogP contribution in [0.2, 0.25) is 0 Å². The van der Waals surface area contributed by atoms with Crippen LogP contribution < -0.4 is 15.1 Å². The monoisotopic (exact) mass is 353 g/mol. The number of aliphatic hydroxyl groups excluding tert-OH is 1. The van der Waals surface area contributed by atoms with Crippen LogP contribution in [0.25, 0.3) is 0 Å². The number of fused-ring (bicyclic) bond motifs is 1. The molecule has 0 bridgehead atoms. The van der Waals surface area contributed by atoms with Crippen LogP contribution >= 0.6 is 0 Å². The van der Waals surface area contributed by atoms with Gasteiger partial charge in [0.15, 0.2) is 9.84 Å². The summed E-state index contributed by atoms with van der Waals surface area (Å²) in [6.07, 6.45) is 2.96. The van der Waals surface area contributed by atoms with E-state index in [4.69, 9.17) is 0 Å². The first-order valence-corrected chi connectivity index (χ1v) is 10.3. The molecule has 1 aromatic rings. The third-order valence-corrected chi connectivity index (χ3v) is 6.87. The minimum atomic E-state index is -2.99. The number of sulfone groups is 1. The molecular weight excluding hydrogens is 330 g/mol. The smallest absolute Gasteiger partial charge is 0.227 e. The van der Waals surface area contributed by atoms with Gasteiger partial charge >= 0.3 is 0 Å². The number of hydrogen-bond acceptors (Lipinski definition) is 8. The molecule has 0 unspecified atom stereocenters. The first-order valence-electron chi connectivity index (χ1n) is 8.48. The molecule has 2 atom stereocenters. The van der Waals surface area contributed by atoms with Gasteiger partial charge < -0.3 is 20.2 Å². The van der Waals surface area contributed by atoms with E-state index in [0.29, 0.717) is 5.95 Å². The fourth-order valence-corrected chi connectivity index (χ4v) is 5.83. The Morgan fingerprint density at radius 2 is 2.00 bits per heavy atom. The van der Waals surface area contributed by atoms with Gasteiger partial charge in [0.2, 0.25) is 5.95 Å². The molecule has 132 valence electrons. The number of aliphatic hydroxyl groups is 1. The predicted octanol–water partition coefficient (Wildman–Crippen LogP) is -0.987. The maximum atomic E-state index is 12.0. The third-order valence-electron chi connectivity index (χ3n) is 5.15. The molecule has 0 aliphatic carbocycles. The first kappa shape index (κ1) is 16.0. The highest BCUT2D eigenvalue weighted by atomic mass is 32.2. The second-order valence-electron chi connectivity index (χ2n) is 6.83. The lowest BCUT2D eigenvalue weighted by atomic mass is 10.1. The van der Waals surface area contributed by atoms with Crippen molar-refractivity contribution in [1.29, 1.82) is 0 Å². The minimum absolute atomic E-state index is 0.0210. The van der Waals surface area contributed by atoms with Crippen LogP contribution in [0.3, 0.4) is 0 Å². The lowest BCUT2D eigenvalue weighted by molar-refractivity contribution is 0.145. The molecule has 0 amide bonds. The Kier molecular flexibility index (Phi) is 4.09. The average Bonchev–Trinajstić information content (AvgIpc) is 2.89. The number of rotatable bonds is 2. The van der Waals surface area contributed by atoms with Crippen LogP contribution in [0.1, 0.15) is 12.8 Å². The van der Waals surface area contributed by atoms with E-state index in [1.165, 1.54) is 0 Å². The van der Waals surface area contributed by atoms with Crippen molar-refractivity contribution in [3.8, 4) is 0 Å². The highest BCUT2D eigenvalue weighted by Crippen LogP contribution is 2.27. The summed E-state index contributed by atoms with van der Waals surface area (Å²) in [5.41, 5.74) is 0. The van der Waals surface area contributed by atoms with Crippen molar-refractivity contribution in [3.05, 3.63) is 12.3 Å². The molecule has 0 saturated carbocycles. The second-order valence-corrected chi connectivity index (χ2v) is 8.99. The number of piperazine rings is 1. The van der Waals surface area contributed by atoms with Crippen LogP contribution in [0.15, 0.2) is 12.3 Å². The Morgan fingerprint density at radius 3 is 2.79 bits per heavy atom. The van der Waals surface area contributed by atoms with E-state index in [-0.39, 0.29) is 29.7 Å². The van der Waals surface area contributed by atoms with Crippen molar-refractivity contribution in [3.63, 3.8) is 0 Å². The summed E-state index contributed by atoms with van der Waals surface area (Å²) >= 11 is 0. The first-order chi connectivity index (χ1) is 11.5. The largest absolute Gasteiger partial charge is 0.393 e. The van der Waals surface area contributed by atoms with E-state index in [9.17, 15) is 13.5 Å². The molecule has 3 saturated heterocycles.